The fourth-order valence-electron chi connectivity index (χ4n) is 3.99. The van der Waals surface area contributed by atoms with Crippen molar-refractivity contribution >= 4 is 39.8 Å². The van der Waals surface area contributed by atoms with Crippen LogP contribution in [0.5, 0.6) is 0 Å². The summed E-state index contributed by atoms with van der Waals surface area (Å²) in [7, 11) is -2.84. The van der Waals surface area contributed by atoms with Gasteiger partial charge in [0.05, 0.1) is 11.5 Å². The predicted octanol–water partition coefficient (Wildman–Crippen LogP) is 2.26. The lowest BCUT2D eigenvalue weighted by molar-refractivity contribution is 0.258. The molecule has 1 aromatic rings. The van der Waals surface area contributed by atoms with Crippen LogP contribution in [0.2, 0.25) is 0 Å². The van der Waals surface area contributed by atoms with Crippen molar-refractivity contribution in [3.63, 3.8) is 0 Å². The first-order valence-electron chi connectivity index (χ1n) is 9.98. The number of rotatable bonds is 6. The maximum atomic E-state index is 11.6. The van der Waals surface area contributed by atoms with Gasteiger partial charge in [0.1, 0.15) is 0 Å². The van der Waals surface area contributed by atoms with E-state index in [4.69, 9.17) is 0 Å². The molecule has 1 aromatic carbocycles. The highest BCUT2D eigenvalue weighted by molar-refractivity contribution is 14.0. The molecule has 28 heavy (non-hydrogen) atoms. The number of sulfone groups is 1. The summed E-state index contributed by atoms with van der Waals surface area (Å²) < 4.78 is 23.3. The molecule has 8 heteroatoms. The van der Waals surface area contributed by atoms with Gasteiger partial charge in [0.2, 0.25) is 0 Å². The van der Waals surface area contributed by atoms with Crippen molar-refractivity contribution in [1.29, 1.82) is 0 Å². The number of nitrogens with zero attached hydrogens (tertiary/aromatic N) is 2. The highest BCUT2D eigenvalue weighted by Gasteiger charge is 2.30. The zero-order chi connectivity index (χ0) is 19.3. The van der Waals surface area contributed by atoms with Gasteiger partial charge in [-0.05, 0) is 38.2 Å². The second-order valence-electron chi connectivity index (χ2n) is 7.83. The van der Waals surface area contributed by atoms with E-state index < -0.39 is 9.84 Å². The predicted molar refractivity (Wildman–Crippen MR) is 126 cm³/mol. The Labute approximate surface area is 186 Å². The van der Waals surface area contributed by atoms with Gasteiger partial charge in [-0.15, -0.1) is 24.0 Å². The molecular formula is C20H33IN4O2S. The molecule has 0 amide bonds. The summed E-state index contributed by atoms with van der Waals surface area (Å²) in [6.45, 7) is 7.65. The largest absolute Gasteiger partial charge is 0.357 e. The van der Waals surface area contributed by atoms with Gasteiger partial charge in [0.25, 0.3) is 0 Å². The Bertz CT molecular complexity index is 742. The lowest BCUT2D eigenvalue weighted by Crippen LogP contribution is -2.44. The first kappa shape index (κ1) is 23.4. The molecule has 0 aromatic heterocycles. The number of likely N-dealkylation sites (tertiary alicyclic amines) is 1. The first-order chi connectivity index (χ1) is 12.9. The van der Waals surface area contributed by atoms with E-state index in [0.29, 0.717) is 24.4 Å². The van der Waals surface area contributed by atoms with Crippen molar-refractivity contribution in [2.24, 2.45) is 10.9 Å². The van der Waals surface area contributed by atoms with Crippen molar-refractivity contribution in [3.05, 3.63) is 35.9 Å². The van der Waals surface area contributed by atoms with Crippen LogP contribution in [0, 0.1) is 5.92 Å². The molecule has 2 fully saturated rings. The zero-order valence-corrected chi connectivity index (χ0v) is 19.9. The van der Waals surface area contributed by atoms with E-state index in [0.717, 1.165) is 38.4 Å². The number of hydrogen-bond donors (Lipinski definition) is 2. The van der Waals surface area contributed by atoms with Gasteiger partial charge in [-0.3, -0.25) is 9.89 Å². The van der Waals surface area contributed by atoms with Crippen LogP contribution in [0.1, 0.15) is 32.3 Å². The molecule has 2 heterocycles. The Morgan fingerprint density at radius 2 is 2.04 bits per heavy atom. The maximum Gasteiger partial charge on any atom is 0.191 e. The van der Waals surface area contributed by atoms with Crippen molar-refractivity contribution < 1.29 is 8.42 Å². The Kier molecular flexibility index (Phi) is 9.01. The molecule has 3 atom stereocenters. The fraction of sp³-hybridized carbons (Fsp3) is 0.650. The minimum absolute atomic E-state index is 0. The van der Waals surface area contributed by atoms with Crippen molar-refractivity contribution in [2.45, 2.75) is 45.3 Å². The molecule has 2 N–H and O–H groups in total. The SMILES string of the molecule is CCNC(=NCC1CCS(=O)(=O)C1)NC1CC(C)N(Cc2ccccc2)C1.I. The summed E-state index contributed by atoms with van der Waals surface area (Å²) in [5, 5.41) is 6.86. The molecule has 158 valence electrons. The normalized spacial score (nSPS) is 27.4. The highest BCUT2D eigenvalue weighted by Crippen LogP contribution is 2.21. The molecule has 3 unspecified atom stereocenters. The van der Waals surface area contributed by atoms with E-state index in [9.17, 15) is 8.42 Å². The highest BCUT2D eigenvalue weighted by atomic mass is 127. The number of guanidine groups is 1. The van der Waals surface area contributed by atoms with Gasteiger partial charge in [-0.25, -0.2) is 8.42 Å². The molecule has 0 aliphatic carbocycles. The molecule has 2 saturated heterocycles. The fourth-order valence-corrected chi connectivity index (χ4v) is 5.84. The van der Waals surface area contributed by atoms with Crippen LogP contribution in [0.25, 0.3) is 0 Å². The van der Waals surface area contributed by atoms with E-state index in [-0.39, 0.29) is 35.6 Å². The molecular weight excluding hydrogens is 487 g/mol. The van der Waals surface area contributed by atoms with Crippen LogP contribution in [0.4, 0.5) is 0 Å². The average molecular weight is 520 g/mol. The van der Waals surface area contributed by atoms with E-state index in [1.807, 2.05) is 0 Å². The summed E-state index contributed by atoms with van der Waals surface area (Å²) in [6, 6.07) is 11.5. The molecule has 0 saturated carbocycles. The molecule has 0 radical (unpaired) electrons. The lowest BCUT2D eigenvalue weighted by atomic mass is 10.1. The van der Waals surface area contributed by atoms with Crippen molar-refractivity contribution in [3.8, 4) is 0 Å². The summed E-state index contributed by atoms with van der Waals surface area (Å²) in [6.07, 6.45) is 1.81. The van der Waals surface area contributed by atoms with Gasteiger partial charge >= 0.3 is 0 Å². The van der Waals surface area contributed by atoms with Crippen LogP contribution < -0.4 is 10.6 Å². The second-order valence-corrected chi connectivity index (χ2v) is 10.1. The Hall–Kier alpha value is -0.870. The third-order valence-electron chi connectivity index (χ3n) is 5.45. The Morgan fingerprint density at radius 3 is 2.68 bits per heavy atom. The average Bonchev–Trinajstić information content (AvgIpc) is 3.15. The first-order valence-corrected chi connectivity index (χ1v) is 11.8. The topological polar surface area (TPSA) is 73.8 Å². The van der Waals surface area contributed by atoms with Crippen LogP contribution in [-0.4, -0.2) is 62.5 Å². The lowest BCUT2D eigenvalue weighted by Gasteiger charge is -2.21. The third kappa shape index (κ3) is 6.88. The van der Waals surface area contributed by atoms with Crippen LogP contribution in [-0.2, 0) is 16.4 Å². The monoisotopic (exact) mass is 520 g/mol. The van der Waals surface area contributed by atoms with Gasteiger partial charge in [-0.2, -0.15) is 0 Å². The molecule has 2 aliphatic heterocycles. The molecule has 2 aliphatic rings. The maximum absolute atomic E-state index is 11.6. The quantitative estimate of drug-likeness (QED) is 0.342. The summed E-state index contributed by atoms with van der Waals surface area (Å²) in [4.78, 5) is 7.17. The Morgan fingerprint density at radius 1 is 1.29 bits per heavy atom. The number of aliphatic imine (C=N–C) groups is 1. The van der Waals surface area contributed by atoms with Gasteiger partial charge in [0.15, 0.2) is 15.8 Å². The number of hydrogen-bond acceptors (Lipinski definition) is 4. The zero-order valence-electron chi connectivity index (χ0n) is 16.8. The van der Waals surface area contributed by atoms with Gasteiger partial charge in [-0.1, -0.05) is 30.3 Å². The van der Waals surface area contributed by atoms with Gasteiger partial charge < -0.3 is 10.6 Å². The smallest absolute Gasteiger partial charge is 0.191 e. The molecule has 0 bridgehead atoms. The van der Waals surface area contributed by atoms with E-state index in [2.05, 4.69) is 64.7 Å². The van der Waals surface area contributed by atoms with Crippen LogP contribution in [0.3, 0.4) is 0 Å². The number of benzene rings is 1. The molecule has 3 rings (SSSR count). The third-order valence-corrected chi connectivity index (χ3v) is 7.29. The summed E-state index contributed by atoms with van der Waals surface area (Å²) >= 11 is 0. The van der Waals surface area contributed by atoms with Gasteiger partial charge in [0, 0.05) is 38.3 Å². The standard InChI is InChI=1S/C20H32N4O2S.HI/c1-3-21-20(22-12-18-9-10-27(25,26)15-18)23-19-11-16(2)24(14-19)13-17-7-5-4-6-8-17;/h4-8,16,18-19H,3,9-15H2,1-2H3,(H2,21,22,23);1H. The number of halogens is 1. The summed E-state index contributed by atoms with van der Waals surface area (Å²) in [5.74, 6) is 1.55. The number of nitrogens with one attached hydrogen (secondary N) is 2. The van der Waals surface area contributed by atoms with Crippen LogP contribution in [0.15, 0.2) is 35.3 Å². The minimum Gasteiger partial charge on any atom is -0.357 e. The van der Waals surface area contributed by atoms with E-state index in [1.165, 1.54) is 5.56 Å². The van der Waals surface area contributed by atoms with Crippen molar-refractivity contribution in [1.82, 2.24) is 15.5 Å². The minimum atomic E-state index is -2.84. The van der Waals surface area contributed by atoms with E-state index in [1.54, 1.807) is 0 Å². The van der Waals surface area contributed by atoms with Crippen LogP contribution >= 0.6 is 24.0 Å². The molecule has 6 nitrogen and oxygen atoms in total. The second kappa shape index (κ2) is 10.8. The van der Waals surface area contributed by atoms with Crippen molar-refractivity contribution in [2.75, 3.05) is 31.1 Å². The molecule has 0 spiro atoms. The summed E-state index contributed by atoms with van der Waals surface area (Å²) in [5.41, 5.74) is 1.34. The van der Waals surface area contributed by atoms with E-state index >= 15 is 0 Å². The Balaban J connectivity index is 0.00000280.